The lowest BCUT2D eigenvalue weighted by atomic mass is 10.1. The Morgan fingerprint density at radius 1 is 1.10 bits per heavy atom. The van der Waals surface area contributed by atoms with E-state index in [1.807, 2.05) is 6.92 Å². The summed E-state index contributed by atoms with van der Waals surface area (Å²) in [5.74, 6) is -0.279. The largest absolute Gasteiger partial charge is 0.417 e. The number of nitrogens with zero attached hydrogens (tertiary/aromatic N) is 2. The number of aryl methyl sites for hydroxylation is 2. The highest BCUT2D eigenvalue weighted by molar-refractivity contribution is 7.89. The zero-order chi connectivity index (χ0) is 22.5. The predicted octanol–water partition coefficient (Wildman–Crippen LogP) is 2.57. The maximum atomic E-state index is 12.6. The molecule has 164 valence electrons. The van der Waals surface area contributed by atoms with E-state index in [1.165, 1.54) is 19.2 Å². The molecule has 0 saturated carbocycles. The standard InChI is InChI=1S/C19H23F3N4O3S/c1-13-4-6-16(10-14(13)2)30(28,29)26(3)12-18(27)24-9-8-23-17-7-5-15(11-25-17)19(20,21)22/h4-7,10-11H,8-9,12H2,1-3H3,(H,23,25)(H,24,27). The molecule has 1 amide bonds. The van der Waals surface area contributed by atoms with Crippen molar-refractivity contribution in [2.24, 2.45) is 0 Å². The molecule has 0 saturated heterocycles. The Morgan fingerprint density at radius 3 is 2.37 bits per heavy atom. The molecular formula is C19H23F3N4O3S. The van der Waals surface area contributed by atoms with Crippen LogP contribution in [0, 0.1) is 13.8 Å². The van der Waals surface area contributed by atoms with Crippen molar-refractivity contribution in [3.8, 4) is 0 Å². The maximum Gasteiger partial charge on any atom is 0.417 e. The quantitative estimate of drug-likeness (QED) is 0.611. The molecule has 0 spiro atoms. The second-order valence-electron chi connectivity index (χ2n) is 6.71. The molecule has 1 aromatic carbocycles. The predicted molar refractivity (Wildman–Crippen MR) is 106 cm³/mol. The van der Waals surface area contributed by atoms with Gasteiger partial charge in [-0.05, 0) is 49.2 Å². The highest BCUT2D eigenvalue weighted by Gasteiger charge is 2.30. The summed E-state index contributed by atoms with van der Waals surface area (Å²) < 4.78 is 63.6. The minimum Gasteiger partial charge on any atom is -0.368 e. The molecule has 0 fully saturated rings. The molecule has 30 heavy (non-hydrogen) atoms. The minimum atomic E-state index is -4.46. The van der Waals surface area contributed by atoms with Crippen LogP contribution in [0.3, 0.4) is 0 Å². The number of halogens is 3. The number of pyridine rings is 1. The average Bonchev–Trinajstić information content (AvgIpc) is 2.67. The molecule has 0 radical (unpaired) electrons. The van der Waals surface area contributed by atoms with E-state index in [-0.39, 0.29) is 30.3 Å². The number of carbonyl (C=O) groups excluding carboxylic acids is 1. The normalized spacial score (nSPS) is 12.1. The molecule has 0 bridgehead atoms. The summed E-state index contributed by atoms with van der Waals surface area (Å²) in [4.78, 5) is 15.8. The average molecular weight is 444 g/mol. The molecule has 0 unspecified atom stereocenters. The monoisotopic (exact) mass is 444 g/mol. The van der Waals surface area contributed by atoms with E-state index in [4.69, 9.17) is 0 Å². The van der Waals surface area contributed by atoms with Gasteiger partial charge in [-0.25, -0.2) is 13.4 Å². The molecule has 2 aromatic rings. The number of alkyl halides is 3. The topological polar surface area (TPSA) is 91.4 Å². The summed E-state index contributed by atoms with van der Waals surface area (Å²) in [6.07, 6.45) is -3.74. The third-order valence-corrected chi connectivity index (χ3v) is 6.20. The SMILES string of the molecule is Cc1ccc(S(=O)(=O)N(C)CC(=O)NCCNc2ccc(C(F)(F)F)cn2)cc1C. The number of likely N-dealkylation sites (N-methyl/N-ethyl adjacent to an activating group) is 1. The summed E-state index contributed by atoms with van der Waals surface area (Å²) in [5.41, 5.74) is 0.940. The van der Waals surface area contributed by atoms with Crippen LogP contribution >= 0.6 is 0 Å². The van der Waals surface area contributed by atoms with Gasteiger partial charge >= 0.3 is 6.18 Å². The molecule has 1 aromatic heterocycles. The van der Waals surface area contributed by atoms with Gasteiger partial charge in [0, 0.05) is 26.3 Å². The molecule has 7 nitrogen and oxygen atoms in total. The molecule has 0 aliphatic heterocycles. The zero-order valence-corrected chi connectivity index (χ0v) is 17.6. The number of sulfonamides is 1. The van der Waals surface area contributed by atoms with Crippen molar-refractivity contribution in [3.63, 3.8) is 0 Å². The Morgan fingerprint density at radius 2 is 1.80 bits per heavy atom. The number of hydrogen-bond donors (Lipinski definition) is 2. The van der Waals surface area contributed by atoms with Crippen molar-refractivity contribution in [3.05, 3.63) is 53.2 Å². The number of amides is 1. The van der Waals surface area contributed by atoms with E-state index in [1.54, 1.807) is 19.1 Å². The molecule has 0 atom stereocenters. The number of carbonyl (C=O) groups is 1. The molecule has 11 heteroatoms. The van der Waals surface area contributed by atoms with Crippen molar-refractivity contribution >= 4 is 21.7 Å². The number of nitrogens with one attached hydrogen (secondary N) is 2. The summed E-state index contributed by atoms with van der Waals surface area (Å²) in [5, 5.41) is 5.32. The maximum absolute atomic E-state index is 12.6. The van der Waals surface area contributed by atoms with Gasteiger partial charge < -0.3 is 10.6 Å². The van der Waals surface area contributed by atoms with Gasteiger partial charge in [0.05, 0.1) is 17.0 Å². The Kier molecular flexibility index (Phi) is 7.43. The lowest BCUT2D eigenvalue weighted by Crippen LogP contribution is -2.39. The Bertz CT molecular complexity index is 993. The van der Waals surface area contributed by atoms with Crippen LogP contribution in [-0.4, -0.2) is 50.3 Å². The Balaban J connectivity index is 1.82. The Labute approximate surface area is 173 Å². The Hall–Kier alpha value is -2.66. The molecular weight excluding hydrogens is 421 g/mol. The fourth-order valence-corrected chi connectivity index (χ4v) is 3.67. The first-order valence-corrected chi connectivity index (χ1v) is 10.4. The molecule has 2 N–H and O–H groups in total. The van der Waals surface area contributed by atoms with Crippen molar-refractivity contribution in [2.75, 3.05) is 32.0 Å². The van der Waals surface area contributed by atoms with E-state index in [0.29, 0.717) is 6.20 Å². The van der Waals surface area contributed by atoms with Crippen molar-refractivity contribution in [2.45, 2.75) is 24.9 Å². The zero-order valence-electron chi connectivity index (χ0n) is 16.7. The van der Waals surface area contributed by atoms with Gasteiger partial charge in [-0.15, -0.1) is 0 Å². The van der Waals surface area contributed by atoms with Crippen LogP contribution < -0.4 is 10.6 Å². The van der Waals surface area contributed by atoms with Crippen LogP contribution in [0.2, 0.25) is 0 Å². The van der Waals surface area contributed by atoms with Crippen LogP contribution in [0.5, 0.6) is 0 Å². The fraction of sp³-hybridized carbons (Fsp3) is 0.368. The van der Waals surface area contributed by atoms with Gasteiger partial charge in [0.2, 0.25) is 15.9 Å². The molecule has 0 aliphatic carbocycles. The number of aromatic nitrogens is 1. The third kappa shape index (κ3) is 6.17. The van der Waals surface area contributed by atoms with E-state index in [0.717, 1.165) is 21.5 Å². The molecule has 1 heterocycles. The highest BCUT2D eigenvalue weighted by Crippen LogP contribution is 2.28. The number of benzene rings is 1. The van der Waals surface area contributed by atoms with Gasteiger partial charge in [-0.1, -0.05) is 6.07 Å². The van der Waals surface area contributed by atoms with E-state index in [2.05, 4.69) is 15.6 Å². The van der Waals surface area contributed by atoms with Gasteiger partial charge in [-0.2, -0.15) is 17.5 Å². The second-order valence-corrected chi connectivity index (χ2v) is 8.76. The van der Waals surface area contributed by atoms with Crippen LogP contribution in [0.4, 0.5) is 19.0 Å². The first-order valence-electron chi connectivity index (χ1n) is 8.98. The highest BCUT2D eigenvalue weighted by atomic mass is 32.2. The molecule has 2 rings (SSSR count). The van der Waals surface area contributed by atoms with E-state index >= 15 is 0 Å². The molecule has 0 aliphatic rings. The number of hydrogen-bond acceptors (Lipinski definition) is 5. The van der Waals surface area contributed by atoms with Gasteiger partial charge in [0.25, 0.3) is 0 Å². The fourth-order valence-electron chi connectivity index (χ4n) is 2.46. The van der Waals surface area contributed by atoms with Crippen molar-refractivity contribution < 1.29 is 26.4 Å². The lowest BCUT2D eigenvalue weighted by Gasteiger charge is -2.17. The summed E-state index contributed by atoms with van der Waals surface area (Å²) >= 11 is 0. The van der Waals surface area contributed by atoms with Crippen molar-refractivity contribution in [1.82, 2.24) is 14.6 Å². The lowest BCUT2D eigenvalue weighted by molar-refractivity contribution is -0.137. The van der Waals surface area contributed by atoms with Crippen LogP contribution in [0.15, 0.2) is 41.4 Å². The first-order chi connectivity index (χ1) is 13.9. The third-order valence-electron chi connectivity index (χ3n) is 4.40. The van der Waals surface area contributed by atoms with E-state index in [9.17, 15) is 26.4 Å². The summed E-state index contributed by atoms with van der Waals surface area (Å²) in [7, 11) is -2.49. The van der Waals surface area contributed by atoms with E-state index < -0.39 is 27.7 Å². The van der Waals surface area contributed by atoms with Crippen LogP contribution in [-0.2, 0) is 21.0 Å². The number of rotatable bonds is 8. The van der Waals surface area contributed by atoms with Crippen LogP contribution in [0.1, 0.15) is 16.7 Å². The smallest absolute Gasteiger partial charge is 0.368 e. The number of anilines is 1. The van der Waals surface area contributed by atoms with Gasteiger partial charge in [0.1, 0.15) is 5.82 Å². The minimum absolute atomic E-state index is 0.107. The summed E-state index contributed by atoms with van der Waals surface area (Å²) in [6.45, 7) is 3.65. The van der Waals surface area contributed by atoms with Gasteiger partial charge in [-0.3, -0.25) is 4.79 Å². The van der Waals surface area contributed by atoms with Crippen LogP contribution in [0.25, 0.3) is 0 Å². The first kappa shape index (κ1) is 23.6. The van der Waals surface area contributed by atoms with Gasteiger partial charge in [0.15, 0.2) is 0 Å². The second kappa shape index (κ2) is 9.43. The van der Waals surface area contributed by atoms with Crippen molar-refractivity contribution in [1.29, 1.82) is 0 Å². The summed E-state index contributed by atoms with van der Waals surface area (Å²) in [6, 6.07) is 6.85.